The molecule has 0 saturated carbocycles. The standard InChI is InChI=1S/C20H26N2O3S2/c1-5-6-9-21-17(24)13-22-18(12-16(23)20(2,3)4)27-15(19(22)25)11-14-8-7-10-26-14/h7-8,10-12H,5-6,9,13H2,1-4H3,(H,21,24)/b15-11+,18-12-. The fourth-order valence-electron chi connectivity index (χ4n) is 2.23. The number of carbonyl (C=O) groups excluding carboxylic acids is 2. The van der Waals surface area contributed by atoms with Gasteiger partial charge in [0, 0.05) is 22.9 Å². The summed E-state index contributed by atoms with van der Waals surface area (Å²) in [7, 11) is 0. The van der Waals surface area contributed by atoms with Crippen LogP contribution in [0.1, 0.15) is 45.4 Å². The minimum atomic E-state index is -0.550. The van der Waals surface area contributed by atoms with Crippen LogP contribution in [-0.4, -0.2) is 22.8 Å². The third-order valence-electron chi connectivity index (χ3n) is 3.90. The van der Waals surface area contributed by atoms with Gasteiger partial charge in [-0.2, -0.15) is 0 Å². The summed E-state index contributed by atoms with van der Waals surface area (Å²) < 4.78 is 2.43. The van der Waals surface area contributed by atoms with E-state index in [-0.39, 0.29) is 23.8 Å². The lowest BCUT2D eigenvalue weighted by Crippen LogP contribution is -2.38. The van der Waals surface area contributed by atoms with Crippen molar-refractivity contribution in [2.24, 2.45) is 5.41 Å². The van der Waals surface area contributed by atoms with E-state index in [1.807, 2.05) is 51.3 Å². The van der Waals surface area contributed by atoms with E-state index in [1.54, 1.807) is 0 Å². The number of hydrogen-bond donors (Lipinski definition) is 1. The summed E-state index contributed by atoms with van der Waals surface area (Å²) >= 11 is 2.78. The molecule has 0 atom stereocenters. The van der Waals surface area contributed by atoms with Crippen LogP contribution in [0.5, 0.6) is 0 Å². The Kier molecular flexibility index (Phi) is 7.33. The second-order valence-corrected chi connectivity index (χ2v) is 9.36. The number of carbonyl (C=O) groups is 2. The highest BCUT2D eigenvalue weighted by atomic mass is 32.1. The second-order valence-electron chi connectivity index (χ2n) is 7.32. The SMILES string of the molecule is CCCCNC(=O)Cn1c(=O)/c(=C\c2cccs2)s/c1=C\C(=O)C(C)(C)C. The van der Waals surface area contributed by atoms with Gasteiger partial charge in [-0.15, -0.1) is 22.7 Å². The molecule has 1 N–H and O–H groups in total. The van der Waals surface area contributed by atoms with Crippen LogP contribution in [-0.2, 0) is 16.1 Å². The fraction of sp³-hybridized carbons (Fsp3) is 0.450. The number of thiazole rings is 1. The first-order chi connectivity index (χ1) is 12.7. The normalized spacial score (nSPS) is 13.2. The maximum absolute atomic E-state index is 12.8. The van der Waals surface area contributed by atoms with Crippen molar-refractivity contribution < 1.29 is 9.59 Å². The Morgan fingerprint density at radius 1 is 1.30 bits per heavy atom. The molecule has 0 radical (unpaired) electrons. The van der Waals surface area contributed by atoms with Crippen molar-refractivity contribution in [3.63, 3.8) is 0 Å². The Morgan fingerprint density at radius 3 is 2.63 bits per heavy atom. The van der Waals surface area contributed by atoms with Crippen LogP contribution < -0.4 is 20.1 Å². The van der Waals surface area contributed by atoms with E-state index in [1.165, 1.54) is 33.3 Å². The maximum Gasteiger partial charge on any atom is 0.269 e. The van der Waals surface area contributed by atoms with Crippen LogP contribution in [0.3, 0.4) is 0 Å². The molecule has 0 spiro atoms. The van der Waals surface area contributed by atoms with Gasteiger partial charge in [0.1, 0.15) is 11.2 Å². The van der Waals surface area contributed by atoms with Crippen LogP contribution >= 0.6 is 22.7 Å². The molecule has 0 aliphatic rings. The number of amides is 1. The van der Waals surface area contributed by atoms with Crippen LogP contribution in [0.25, 0.3) is 12.2 Å². The Labute approximate surface area is 167 Å². The monoisotopic (exact) mass is 406 g/mol. The van der Waals surface area contributed by atoms with E-state index in [0.717, 1.165) is 17.7 Å². The molecule has 27 heavy (non-hydrogen) atoms. The average Bonchev–Trinajstić information content (AvgIpc) is 3.19. The summed E-state index contributed by atoms with van der Waals surface area (Å²) in [6.07, 6.45) is 5.17. The van der Waals surface area contributed by atoms with Gasteiger partial charge in [-0.25, -0.2) is 0 Å². The van der Waals surface area contributed by atoms with Gasteiger partial charge < -0.3 is 5.32 Å². The van der Waals surface area contributed by atoms with Crippen molar-refractivity contribution in [3.8, 4) is 0 Å². The van der Waals surface area contributed by atoms with Crippen LogP contribution in [0.4, 0.5) is 0 Å². The number of nitrogens with one attached hydrogen (secondary N) is 1. The molecule has 2 aromatic rings. The van der Waals surface area contributed by atoms with E-state index < -0.39 is 5.41 Å². The fourth-order valence-corrected chi connectivity index (χ4v) is 3.99. The summed E-state index contributed by atoms with van der Waals surface area (Å²) in [5.41, 5.74) is -0.793. The highest BCUT2D eigenvalue weighted by molar-refractivity contribution is 7.11. The van der Waals surface area contributed by atoms with Crippen LogP contribution in [0.15, 0.2) is 22.3 Å². The third-order valence-corrected chi connectivity index (χ3v) is 5.78. The average molecular weight is 407 g/mol. The van der Waals surface area contributed by atoms with E-state index in [0.29, 0.717) is 15.7 Å². The van der Waals surface area contributed by atoms with Crippen molar-refractivity contribution >= 4 is 46.5 Å². The number of unbranched alkanes of at least 4 members (excludes halogenated alkanes) is 1. The number of hydrogen-bond acceptors (Lipinski definition) is 5. The molecule has 0 aliphatic heterocycles. The summed E-state index contributed by atoms with van der Waals surface area (Å²) in [5, 5.41) is 4.76. The zero-order valence-electron chi connectivity index (χ0n) is 16.2. The quantitative estimate of drug-likeness (QED) is 0.716. The maximum atomic E-state index is 12.8. The summed E-state index contributed by atoms with van der Waals surface area (Å²) in [4.78, 5) is 38.5. The van der Waals surface area contributed by atoms with Crippen molar-refractivity contribution in [2.45, 2.75) is 47.1 Å². The van der Waals surface area contributed by atoms with E-state index in [4.69, 9.17) is 0 Å². The van der Waals surface area contributed by atoms with Gasteiger partial charge in [-0.1, -0.05) is 40.2 Å². The molecule has 0 aromatic carbocycles. The number of thiophene rings is 1. The first kappa shape index (κ1) is 21.3. The summed E-state index contributed by atoms with van der Waals surface area (Å²) in [5.74, 6) is -0.296. The number of aromatic nitrogens is 1. The molecule has 0 bridgehead atoms. The number of rotatable bonds is 7. The number of Topliss-reactive ketones (excluding diaryl/α,β-unsaturated/α-hetero) is 1. The van der Waals surface area contributed by atoms with Gasteiger partial charge in [0.25, 0.3) is 5.56 Å². The number of ketones is 1. The summed E-state index contributed by atoms with van der Waals surface area (Å²) in [6.45, 7) is 8.05. The third kappa shape index (κ3) is 6.01. The molecule has 0 unspecified atom stereocenters. The molecule has 0 saturated heterocycles. The highest BCUT2D eigenvalue weighted by Crippen LogP contribution is 2.15. The largest absolute Gasteiger partial charge is 0.355 e. The summed E-state index contributed by atoms with van der Waals surface area (Å²) in [6, 6.07) is 3.84. The highest BCUT2D eigenvalue weighted by Gasteiger charge is 2.20. The van der Waals surface area contributed by atoms with Gasteiger partial charge >= 0.3 is 0 Å². The van der Waals surface area contributed by atoms with Gasteiger partial charge in [-0.3, -0.25) is 19.0 Å². The Hall–Kier alpha value is -1.99. The Morgan fingerprint density at radius 2 is 2.04 bits per heavy atom. The Bertz CT molecular complexity index is 961. The predicted molar refractivity (Wildman–Crippen MR) is 113 cm³/mol. The van der Waals surface area contributed by atoms with Crippen molar-refractivity contribution in [1.29, 1.82) is 0 Å². The first-order valence-electron chi connectivity index (χ1n) is 9.00. The van der Waals surface area contributed by atoms with E-state index in [9.17, 15) is 14.4 Å². The first-order valence-corrected chi connectivity index (χ1v) is 10.7. The lowest BCUT2D eigenvalue weighted by atomic mass is 9.91. The lowest BCUT2D eigenvalue weighted by Gasteiger charge is -2.13. The topological polar surface area (TPSA) is 68.2 Å². The molecule has 0 aliphatic carbocycles. The van der Waals surface area contributed by atoms with Gasteiger partial charge in [0.2, 0.25) is 5.91 Å². The van der Waals surface area contributed by atoms with Crippen molar-refractivity contribution in [3.05, 3.63) is 41.9 Å². The van der Waals surface area contributed by atoms with E-state index >= 15 is 0 Å². The van der Waals surface area contributed by atoms with Crippen molar-refractivity contribution in [2.75, 3.05) is 6.54 Å². The predicted octanol–water partition coefficient (Wildman–Crippen LogP) is 2.11. The number of nitrogens with zero attached hydrogens (tertiary/aromatic N) is 1. The zero-order valence-corrected chi connectivity index (χ0v) is 17.8. The molecule has 1 amide bonds. The van der Waals surface area contributed by atoms with Gasteiger partial charge in [0.15, 0.2) is 5.78 Å². The smallest absolute Gasteiger partial charge is 0.269 e. The molecule has 2 heterocycles. The molecule has 2 aromatic heterocycles. The minimum absolute atomic E-state index is 0.0773. The van der Waals surface area contributed by atoms with E-state index in [2.05, 4.69) is 5.32 Å². The van der Waals surface area contributed by atoms with Crippen molar-refractivity contribution in [1.82, 2.24) is 9.88 Å². The molecular formula is C20H26N2O3S2. The second kappa shape index (κ2) is 9.28. The minimum Gasteiger partial charge on any atom is -0.355 e. The molecule has 7 heteroatoms. The molecule has 146 valence electrons. The molecule has 0 fully saturated rings. The van der Waals surface area contributed by atoms with Crippen LogP contribution in [0, 0.1) is 5.41 Å². The van der Waals surface area contributed by atoms with Crippen LogP contribution in [0.2, 0.25) is 0 Å². The lowest BCUT2D eigenvalue weighted by molar-refractivity contribution is -0.122. The zero-order chi connectivity index (χ0) is 20.0. The van der Waals surface area contributed by atoms with Gasteiger partial charge in [0.05, 0.1) is 4.53 Å². The van der Waals surface area contributed by atoms with Gasteiger partial charge in [-0.05, 0) is 23.9 Å². The molecular weight excluding hydrogens is 380 g/mol. The molecule has 5 nitrogen and oxygen atoms in total. The molecule has 2 rings (SSSR count). The Balaban J connectivity index is 2.47.